The Hall–Kier alpha value is -2.11. The summed E-state index contributed by atoms with van der Waals surface area (Å²) < 4.78 is 0. The highest BCUT2D eigenvalue weighted by Crippen LogP contribution is 2.05. The van der Waals surface area contributed by atoms with E-state index in [4.69, 9.17) is 0 Å². The summed E-state index contributed by atoms with van der Waals surface area (Å²) in [5, 5.41) is 8.36. The quantitative estimate of drug-likeness (QED) is 0.637. The second kappa shape index (κ2) is 7.26. The zero-order chi connectivity index (χ0) is 13.4. The zero-order valence-corrected chi connectivity index (χ0v) is 10.6. The number of carbonyl (C=O) groups excluding carboxylic acids is 2. The third-order valence-electron chi connectivity index (χ3n) is 2.16. The van der Waals surface area contributed by atoms with Crippen LogP contribution in [0.3, 0.4) is 0 Å². The van der Waals surface area contributed by atoms with Crippen molar-refractivity contribution in [3.63, 3.8) is 0 Å². The summed E-state index contributed by atoms with van der Waals surface area (Å²) in [6, 6.07) is 3.34. The van der Waals surface area contributed by atoms with Crippen molar-refractivity contribution in [3.05, 3.63) is 23.9 Å². The fourth-order valence-electron chi connectivity index (χ4n) is 1.37. The van der Waals surface area contributed by atoms with Crippen LogP contribution in [0.25, 0.3) is 0 Å². The van der Waals surface area contributed by atoms with Gasteiger partial charge in [0, 0.05) is 38.3 Å². The molecule has 0 spiro atoms. The third-order valence-corrected chi connectivity index (χ3v) is 2.16. The Morgan fingerprint density at radius 2 is 2.00 bits per heavy atom. The second-order valence-corrected chi connectivity index (χ2v) is 3.70. The van der Waals surface area contributed by atoms with Crippen LogP contribution >= 0.6 is 0 Å². The van der Waals surface area contributed by atoms with Crippen molar-refractivity contribution in [1.82, 2.24) is 15.6 Å². The highest BCUT2D eigenvalue weighted by atomic mass is 16.2. The van der Waals surface area contributed by atoms with Gasteiger partial charge in [-0.3, -0.25) is 9.59 Å². The maximum Gasteiger partial charge on any atom is 0.251 e. The minimum Gasteiger partial charge on any atom is -0.370 e. The molecule has 1 aromatic rings. The number of carbonyl (C=O) groups is 2. The van der Waals surface area contributed by atoms with Gasteiger partial charge in [0.2, 0.25) is 5.91 Å². The molecule has 0 aromatic carbocycles. The molecule has 3 N–H and O–H groups in total. The molecule has 0 radical (unpaired) electrons. The monoisotopic (exact) mass is 250 g/mol. The molecule has 1 rings (SSSR count). The second-order valence-electron chi connectivity index (χ2n) is 3.70. The summed E-state index contributed by atoms with van der Waals surface area (Å²) in [4.78, 5) is 26.5. The van der Waals surface area contributed by atoms with E-state index in [1.807, 2.05) is 6.92 Å². The number of pyridine rings is 1. The van der Waals surface area contributed by atoms with Crippen molar-refractivity contribution in [2.24, 2.45) is 0 Å². The van der Waals surface area contributed by atoms with Crippen LogP contribution in [0.15, 0.2) is 18.3 Å². The first-order valence-corrected chi connectivity index (χ1v) is 5.86. The molecule has 0 atom stereocenters. The van der Waals surface area contributed by atoms with Gasteiger partial charge in [0.15, 0.2) is 0 Å². The molecular formula is C12H18N4O2. The predicted octanol–water partition coefficient (Wildman–Crippen LogP) is 0.379. The van der Waals surface area contributed by atoms with Crippen LogP contribution in [0.4, 0.5) is 5.82 Å². The number of aromatic nitrogens is 1. The largest absolute Gasteiger partial charge is 0.370 e. The summed E-state index contributed by atoms with van der Waals surface area (Å²) >= 11 is 0. The van der Waals surface area contributed by atoms with Crippen LogP contribution < -0.4 is 16.0 Å². The lowest BCUT2D eigenvalue weighted by Gasteiger charge is -2.07. The maximum atomic E-state index is 11.8. The number of hydrogen-bond donors (Lipinski definition) is 3. The third kappa shape index (κ3) is 4.82. The van der Waals surface area contributed by atoms with Crippen molar-refractivity contribution < 1.29 is 9.59 Å². The van der Waals surface area contributed by atoms with E-state index in [0.29, 0.717) is 24.5 Å². The Morgan fingerprint density at radius 1 is 1.28 bits per heavy atom. The minimum absolute atomic E-state index is 0.109. The van der Waals surface area contributed by atoms with Crippen LogP contribution in [-0.4, -0.2) is 36.4 Å². The molecule has 98 valence electrons. The number of nitrogens with zero attached hydrogens (tertiary/aromatic N) is 1. The number of amides is 2. The van der Waals surface area contributed by atoms with E-state index in [-0.39, 0.29) is 11.8 Å². The summed E-state index contributed by atoms with van der Waals surface area (Å²) in [7, 11) is 0. The normalized spacial score (nSPS) is 9.67. The van der Waals surface area contributed by atoms with E-state index in [0.717, 1.165) is 6.54 Å². The smallest absolute Gasteiger partial charge is 0.251 e. The first-order valence-electron chi connectivity index (χ1n) is 5.86. The van der Waals surface area contributed by atoms with Gasteiger partial charge in [0.05, 0.1) is 0 Å². The number of anilines is 1. The summed E-state index contributed by atoms with van der Waals surface area (Å²) in [6.45, 7) is 4.97. The molecule has 1 aromatic heterocycles. The number of rotatable bonds is 6. The van der Waals surface area contributed by atoms with E-state index < -0.39 is 0 Å². The standard InChI is InChI=1S/C12H18N4O2/c1-3-13-11-8-10(4-5-15-11)12(18)16-7-6-14-9(2)17/h4-5,8H,3,6-7H2,1-2H3,(H,13,15)(H,14,17)(H,16,18). The van der Waals surface area contributed by atoms with Crippen molar-refractivity contribution in [2.75, 3.05) is 25.0 Å². The van der Waals surface area contributed by atoms with Gasteiger partial charge in [0.25, 0.3) is 5.91 Å². The molecule has 0 aliphatic heterocycles. The summed E-state index contributed by atoms with van der Waals surface area (Å²) in [6.07, 6.45) is 1.58. The van der Waals surface area contributed by atoms with E-state index in [1.165, 1.54) is 6.92 Å². The van der Waals surface area contributed by atoms with Gasteiger partial charge in [-0.05, 0) is 19.1 Å². The highest BCUT2D eigenvalue weighted by molar-refractivity contribution is 5.94. The average Bonchev–Trinajstić information content (AvgIpc) is 2.35. The molecule has 0 aliphatic carbocycles. The first kappa shape index (κ1) is 14.0. The Bertz CT molecular complexity index is 420. The van der Waals surface area contributed by atoms with Crippen LogP contribution in [0.2, 0.25) is 0 Å². The van der Waals surface area contributed by atoms with Crippen LogP contribution in [0, 0.1) is 0 Å². The molecular weight excluding hydrogens is 232 g/mol. The molecule has 0 fully saturated rings. The average molecular weight is 250 g/mol. The molecule has 6 nitrogen and oxygen atoms in total. The Kier molecular flexibility index (Phi) is 5.63. The van der Waals surface area contributed by atoms with E-state index in [1.54, 1.807) is 18.3 Å². The SMILES string of the molecule is CCNc1cc(C(=O)NCCNC(C)=O)ccn1. The van der Waals surface area contributed by atoms with E-state index in [2.05, 4.69) is 20.9 Å². The van der Waals surface area contributed by atoms with E-state index in [9.17, 15) is 9.59 Å². The van der Waals surface area contributed by atoms with Gasteiger partial charge in [0.1, 0.15) is 5.82 Å². The predicted molar refractivity (Wildman–Crippen MR) is 69.4 cm³/mol. The topological polar surface area (TPSA) is 83.1 Å². The molecule has 0 saturated heterocycles. The molecule has 0 unspecified atom stereocenters. The highest BCUT2D eigenvalue weighted by Gasteiger charge is 2.05. The molecule has 0 bridgehead atoms. The van der Waals surface area contributed by atoms with Crippen LogP contribution in [0.1, 0.15) is 24.2 Å². The van der Waals surface area contributed by atoms with Crippen LogP contribution in [0.5, 0.6) is 0 Å². The zero-order valence-electron chi connectivity index (χ0n) is 10.6. The van der Waals surface area contributed by atoms with E-state index >= 15 is 0 Å². The fraction of sp³-hybridized carbons (Fsp3) is 0.417. The lowest BCUT2D eigenvalue weighted by atomic mass is 10.2. The van der Waals surface area contributed by atoms with Crippen molar-refractivity contribution >= 4 is 17.6 Å². The van der Waals surface area contributed by atoms with Gasteiger partial charge >= 0.3 is 0 Å². The van der Waals surface area contributed by atoms with Crippen molar-refractivity contribution in [2.45, 2.75) is 13.8 Å². The fourth-order valence-corrected chi connectivity index (χ4v) is 1.37. The molecule has 18 heavy (non-hydrogen) atoms. The Morgan fingerprint density at radius 3 is 2.67 bits per heavy atom. The van der Waals surface area contributed by atoms with Gasteiger partial charge < -0.3 is 16.0 Å². The van der Waals surface area contributed by atoms with Crippen LogP contribution in [-0.2, 0) is 4.79 Å². The maximum absolute atomic E-state index is 11.8. The molecule has 0 saturated carbocycles. The number of nitrogens with one attached hydrogen (secondary N) is 3. The molecule has 0 aliphatic rings. The summed E-state index contributed by atoms with van der Waals surface area (Å²) in [5.41, 5.74) is 0.545. The summed E-state index contributed by atoms with van der Waals surface area (Å²) in [5.74, 6) is 0.386. The molecule has 6 heteroatoms. The lowest BCUT2D eigenvalue weighted by molar-refractivity contribution is -0.118. The van der Waals surface area contributed by atoms with Crippen molar-refractivity contribution in [1.29, 1.82) is 0 Å². The first-order chi connectivity index (χ1) is 8.63. The number of hydrogen-bond acceptors (Lipinski definition) is 4. The van der Waals surface area contributed by atoms with Gasteiger partial charge in [-0.25, -0.2) is 4.98 Å². The molecule has 1 heterocycles. The molecule has 2 amide bonds. The van der Waals surface area contributed by atoms with Gasteiger partial charge in [-0.15, -0.1) is 0 Å². The minimum atomic E-state index is -0.179. The van der Waals surface area contributed by atoms with Gasteiger partial charge in [-0.1, -0.05) is 0 Å². The Balaban J connectivity index is 2.45. The van der Waals surface area contributed by atoms with Crippen molar-refractivity contribution in [3.8, 4) is 0 Å². The Labute approximate surface area is 106 Å². The van der Waals surface area contributed by atoms with Gasteiger partial charge in [-0.2, -0.15) is 0 Å². The lowest BCUT2D eigenvalue weighted by Crippen LogP contribution is -2.33.